The van der Waals surface area contributed by atoms with E-state index in [1.165, 1.54) is 12.0 Å². The van der Waals surface area contributed by atoms with E-state index in [4.69, 9.17) is 10.00 Å². The van der Waals surface area contributed by atoms with Gasteiger partial charge in [0.2, 0.25) is 0 Å². The van der Waals surface area contributed by atoms with Crippen molar-refractivity contribution in [1.82, 2.24) is 9.47 Å². The fraction of sp³-hybridized carbons (Fsp3) is 0.368. The lowest BCUT2D eigenvalue weighted by atomic mass is 10.2. The molecule has 1 amide bonds. The van der Waals surface area contributed by atoms with E-state index in [2.05, 4.69) is 6.07 Å². The molecule has 2 rings (SSSR count). The molecule has 0 saturated carbocycles. The third kappa shape index (κ3) is 4.08. The van der Waals surface area contributed by atoms with Crippen LogP contribution in [0.25, 0.3) is 5.69 Å². The summed E-state index contributed by atoms with van der Waals surface area (Å²) >= 11 is 0. The number of likely N-dealkylation sites (N-methyl/N-ethyl adjacent to an activating group) is 1. The van der Waals surface area contributed by atoms with Crippen LogP contribution in [0.2, 0.25) is 0 Å². The molecule has 0 aliphatic rings. The summed E-state index contributed by atoms with van der Waals surface area (Å²) in [7, 11) is 3.17. The fourth-order valence-electron chi connectivity index (χ4n) is 2.91. The SMILES string of the molecule is COCC(O)CN(C)C(=O)c1cc(C)n(-c2ccc(C#N)cc2)c1C. The minimum absolute atomic E-state index is 0.150. The molecule has 6 heteroatoms. The first-order chi connectivity index (χ1) is 11.9. The van der Waals surface area contributed by atoms with Gasteiger partial charge in [0.25, 0.3) is 5.91 Å². The van der Waals surface area contributed by atoms with Gasteiger partial charge in [-0.15, -0.1) is 0 Å². The standard InChI is InChI=1S/C19H23N3O3/c1-13-9-18(19(24)21(3)11-17(23)12-25-4)14(2)22(13)16-7-5-15(10-20)6-8-16/h5-9,17,23H,11-12H2,1-4H3. The summed E-state index contributed by atoms with van der Waals surface area (Å²) in [4.78, 5) is 14.2. The van der Waals surface area contributed by atoms with Crippen molar-refractivity contribution in [2.75, 3.05) is 27.3 Å². The van der Waals surface area contributed by atoms with E-state index in [0.717, 1.165) is 17.1 Å². The molecular weight excluding hydrogens is 318 g/mol. The summed E-state index contributed by atoms with van der Waals surface area (Å²) in [6.07, 6.45) is -0.721. The Balaban J connectivity index is 2.29. The number of nitrogens with zero attached hydrogens (tertiary/aromatic N) is 3. The van der Waals surface area contributed by atoms with Crippen molar-refractivity contribution in [2.24, 2.45) is 0 Å². The van der Waals surface area contributed by atoms with Crippen LogP contribution in [-0.4, -0.2) is 53.9 Å². The number of aliphatic hydroxyl groups excluding tert-OH is 1. The number of amides is 1. The molecule has 0 fully saturated rings. The predicted octanol–water partition coefficient (Wildman–Crippen LogP) is 2.05. The van der Waals surface area contributed by atoms with Gasteiger partial charge in [-0.2, -0.15) is 5.26 Å². The number of aliphatic hydroxyl groups is 1. The summed E-state index contributed by atoms with van der Waals surface area (Å²) < 4.78 is 6.88. The van der Waals surface area contributed by atoms with Crippen LogP contribution in [0.3, 0.4) is 0 Å². The molecule has 0 saturated heterocycles. The van der Waals surface area contributed by atoms with E-state index in [0.29, 0.717) is 11.1 Å². The average molecular weight is 341 g/mol. The number of carbonyl (C=O) groups is 1. The first-order valence-electron chi connectivity index (χ1n) is 8.01. The number of nitriles is 1. The van der Waals surface area contributed by atoms with E-state index >= 15 is 0 Å². The van der Waals surface area contributed by atoms with E-state index < -0.39 is 6.10 Å². The first-order valence-corrected chi connectivity index (χ1v) is 8.01. The number of hydrogen-bond acceptors (Lipinski definition) is 4. The van der Waals surface area contributed by atoms with Gasteiger partial charge < -0.3 is 19.3 Å². The number of methoxy groups -OCH3 is 1. The number of aromatic nitrogens is 1. The molecule has 1 atom stereocenters. The Morgan fingerprint density at radius 3 is 2.56 bits per heavy atom. The molecule has 1 aromatic heterocycles. The van der Waals surface area contributed by atoms with Gasteiger partial charge in [-0.1, -0.05) is 0 Å². The second kappa shape index (κ2) is 7.97. The third-order valence-corrected chi connectivity index (χ3v) is 4.11. The Bertz CT molecular complexity index is 787. The largest absolute Gasteiger partial charge is 0.389 e. The van der Waals surface area contributed by atoms with Crippen molar-refractivity contribution in [1.29, 1.82) is 5.26 Å². The third-order valence-electron chi connectivity index (χ3n) is 4.11. The Labute approximate surface area is 147 Å². The van der Waals surface area contributed by atoms with Gasteiger partial charge in [-0.25, -0.2) is 0 Å². The second-order valence-electron chi connectivity index (χ2n) is 6.07. The maximum absolute atomic E-state index is 12.7. The Hall–Kier alpha value is -2.62. The molecule has 132 valence electrons. The zero-order valence-electron chi connectivity index (χ0n) is 15.0. The van der Waals surface area contributed by atoms with Crippen molar-refractivity contribution in [3.63, 3.8) is 0 Å². The Morgan fingerprint density at radius 2 is 2.00 bits per heavy atom. The van der Waals surface area contributed by atoms with Crippen molar-refractivity contribution >= 4 is 5.91 Å². The smallest absolute Gasteiger partial charge is 0.255 e. The van der Waals surface area contributed by atoms with Crippen molar-refractivity contribution in [3.8, 4) is 11.8 Å². The highest BCUT2D eigenvalue weighted by molar-refractivity contribution is 5.95. The van der Waals surface area contributed by atoms with Crippen LogP contribution in [0.1, 0.15) is 27.3 Å². The van der Waals surface area contributed by atoms with Crippen LogP contribution in [0, 0.1) is 25.2 Å². The van der Waals surface area contributed by atoms with Gasteiger partial charge in [0.1, 0.15) is 0 Å². The Morgan fingerprint density at radius 1 is 1.36 bits per heavy atom. The molecule has 1 unspecified atom stereocenters. The maximum Gasteiger partial charge on any atom is 0.255 e. The molecule has 0 bridgehead atoms. The lowest BCUT2D eigenvalue weighted by molar-refractivity contribution is 0.0380. The topological polar surface area (TPSA) is 78.5 Å². The normalized spacial score (nSPS) is 11.8. The number of carbonyl (C=O) groups excluding carboxylic acids is 1. The minimum Gasteiger partial charge on any atom is -0.389 e. The number of benzene rings is 1. The molecular formula is C19H23N3O3. The van der Waals surface area contributed by atoms with Gasteiger partial charge in [0.05, 0.1) is 29.9 Å². The van der Waals surface area contributed by atoms with Crippen molar-refractivity contribution in [2.45, 2.75) is 20.0 Å². The summed E-state index contributed by atoms with van der Waals surface area (Å²) in [5, 5.41) is 18.7. The predicted molar refractivity (Wildman–Crippen MR) is 94.8 cm³/mol. The lowest BCUT2D eigenvalue weighted by Crippen LogP contribution is -2.36. The summed E-state index contributed by atoms with van der Waals surface area (Å²) in [5.41, 5.74) is 3.83. The first kappa shape index (κ1) is 18.7. The van der Waals surface area contributed by atoms with Gasteiger partial charge in [0.15, 0.2) is 0 Å². The fourth-order valence-corrected chi connectivity index (χ4v) is 2.91. The quantitative estimate of drug-likeness (QED) is 0.872. The van der Waals surface area contributed by atoms with Gasteiger partial charge in [-0.3, -0.25) is 4.79 Å². The highest BCUT2D eigenvalue weighted by Gasteiger charge is 2.21. The summed E-state index contributed by atoms with van der Waals surface area (Å²) in [5.74, 6) is -0.150. The van der Waals surface area contributed by atoms with E-state index in [1.807, 2.05) is 36.6 Å². The summed E-state index contributed by atoms with van der Waals surface area (Å²) in [6, 6.07) is 11.2. The van der Waals surface area contributed by atoms with Crippen LogP contribution in [0.15, 0.2) is 30.3 Å². The van der Waals surface area contributed by atoms with Crippen LogP contribution in [-0.2, 0) is 4.74 Å². The highest BCUT2D eigenvalue weighted by Crippen LogP contribution is 2.22. The molecule has 1 heterocycles. The number of rotatable bonds is 6. The lowest BCUT2D eigenvalue weighted by Gasteiger charge is -2.20. The molecule has 25 heavy (non-hydrogen) atoms. The molecule has 0 radical (unpaired) electrons. The molecule has 1 aromatic carbocycles. The van der Waals surface area contributed by atoms with Crippen molar-refractivity contribution in [3.05, 3.63) is 52.8 Å². The highest BCUT2D eigenvalue weighted by atomic mass is 16.5. The van der Waals surface area contributed by atoms with Crippen LogP contribution in [0.4, 0.5) is 0 Å². The molecule has 6 nitrogen and oxygen atoms in total. The van der Waals surface area contributed by atoms with E-state index in [1.54, 1.807) is 19.2 Å². The molecule has 0 spiro atoms. The number of hydrogen-bond donors (Lipinski definition) is 1. The van der Waals surface area contributed by atoms with Crippen LogP contribution < -0.4 is 0 Å². The number of aryl methyl sites for hydroxylation is 1. The molecule has 1 N–H and O–H groups in total. The van der Waals surface area contributed by atoms with Gasteiger partial charge in [0, 0.05) is 37.8 Å². The summed E-state index contributed by atoms with van der Waals surface area (Å²) in [6.45, 7) is 4.20. The van der Waals surface area contributed by atoms with Gasteiger partial charge in [-0.05, 0) is 44.2 Å². The van der Waals surface area contributed by atoms with E-state index in [9.17, 15) is 9.90 Å². The number of ether oxygens (including phenoxy) is 1. The molecule has 0 aliphatic carbocycles. The van der Waals surface area contributed by atoms with Crippen LogP contribution >= 0.6 is 0 Å². The zero-order valence-corrected chi connectivity index (χ0v) is 15.0. The Kier molecular flexibility index (Phi) is 5.97. The maximum atomic E-state index is 12.7. The van der Waals surface area contributed by atoms with E-state index in [-0.39, 0.29) is 19.1 Å². The average Bonchev–Trinajstić information content (AvgIpc) is 2.89. The monoisotopic (exact) mass is 341 g/mol. The second-order valence-corrected chi connectivity index (χ2v) is 6.07. The molecule has 2 aromatic rings. The minimum atomic E-state index is -0.721. The molecule has 0 aliphatic heterocycles. The van der Waals surface area contributed by atoms with Crippen LogP contribution in [0.5, 0.6) is 0 Å². The van der Waals surface area contributed by atoms with Crippen molar-refractivity contribution < 1.29 is 14.6 Å². The zero-order chi connectivity index (χ0) is 18.6. The van der Waals surface area contributed by atoms with Gasteiger partial charge >= 0.3 is 0 Å².